The molecule has 0 fully saturated rings. The van der Waals surface area contributed by atoms with Crippen LogP contribution in [0.4, 0.5) is 10.8 Å². The van der Waals surface area contributed by atoms with Crippen LogP contribution in [0.15, 0.2) is 4.90 Å². The second-order valence-electron chi connectivity index (χ2n) is 2.84. The van der Waals surface area contributed by atoms with Crippen molar-refractivity contribution in [1.29, 1.82) is 0 Å². The van der Waals surface area contributed by atoms with Crippen molar-refractivity contribution >= 4 is 40.0 Å². The first kappa shape index (κ1) is 12.1. The van der Waals surface area contributed by atoms with Gasteiger partial charge in [0.2, 0.25) is 5.91 Å². The molecule has 5 nitrogen and oxygen atoms in total. The van der Waals surface area contributed by atoms with E-state index in [1.807, 2.05) is 6.26 Å². The van der Waals surface area contributed by atoms with E-state index in [0.29, 0.717) is 18.9 Å². The highest BCUT2D eigenvalue weighted by Crippen LogP contribution is 2.34. The third-order valence-electron chi connectivity index (χ3n) is 1.66. The number of aromatic nitrogens is 1. The van der Waals surface area contributed by atoms with Gasteiger partial charge in [-0.2, -0.15) is 4.37 Å². The molecule has 0 aliphatic carbocycles. The first-order valence-corrected chi connectivity index (χ1v) is 6.42. The number of thioether (sulfide) groups is 1. The van der Waals surface area contributed by atoms with Crippen molar-refractivity contribution in [3.63, 3.8) is 0 Å². The predicted octanol–water partition coefficient (Wildman–Crippen LogP) is 0.995. The first-order chi connectivity index (χ1) is 7.15. The van der Waals surface area contributed by atoms with Crippen LogP contribution in [0.25, 0.3) is 0 Å². The molecule has 0 aromatic carbocycles. The molecule has 15 heavy (non-hydrogen) atoms. The van der Waals surface area contributed by atoms with Gasteiger partial charge in [0.15, 0.2) is 5.82 Å². The number of anilines is 2. The van der Waals surface area contributed by atoms with Crippen molar-refractivity contribution in [1.82, 2.24) is 9.69 Å². The SMILES string of the molecule is CSc1c(N)nsc1NCCNC(C)=O. The molecule has 1 aromatic heterocycles. The van der Waals surface area contributed by atoms with E-state index in [9.17, 15) is 4.79 Å². The minimum Gasteiger partial charge on any atom is -0.382 e. The highest BCUT2D eigenvalue weighted by molar-refractivity contribution is 7.99. The third kappa shape index (κ3) is 3.60. The Bertz CT molecular complexity index is 339. The summed E-state index contributed by atoms with van der Waals surface area (Å²) in [6.45, 7) is 2.77. The smallest absolute Gasteiger partial charge is 0.216 e. The molecule has 0 aliphatic heterocycles. The van der Waals surface area contributed by atoms with Crippen molar-refractivity contribution < 1.29 is 4.79 Å². The maximum Gasteiger partial charge on any atom is 0.216 e. The Kier molecular flexibility index (Phi) is 4.70. The minimum atomic E-state index is -0.0225. The summed E-state index contributed by atoms with van der Waals surface area (Å²) in [5.41, 5.74) is 5.67. The van der Waals surface area contributed by atoms with Crippen LogP contribution < -0.4 is 16.4 Å². The van der Waals surface area contributed by atoms with E-state index in [-0.39, 0.29) is 5.91 Å². The van der Waals surface area contributed by atoms with Gasteiger partial charge in [-0.1, -0.05) is 0 Å². The van der Waals surface area contributed by atoms with Crippen molar-refractivity contribution in [2.24, 2.45) is 0 Å². The largest absolute Gasteiger partial charge is 0.382 e. The fraction of sp³-hybridized carbons (Fsp3) is 0.500. The average Bonchev–Trinajstić information content (AvgIpc) is 2.53. The average molecular weight is 246 g/mol. The second kappa shape index (κ2) is 5.82. The molecule has 0 saturated carbocycles. The van der Waals surface area contributed by atoms with E-state index < -0.39 is 0 Å². The summed E-state index contributed by atoms with van der Waals surface area (Å²) < 4.78 is 4.05. The Morgan fingerprint density at radius 2 is 2.33 bits per heavy atom. The summed E-state index contributed by atoms with van der Waals surface area (Å²) in [5, 5.41) is 6.85. The maximum absolute atomic E-state index is 10.6. The minimum absolute atomic E-state index is 0.0225. The van der Waals surface area contributed by atoms with Gasteiger partial charge in [0.05, 0.1) is 4.90 Å². The number of nitrogens with one attached hydrogen (secondary N) is 2. The highest BCUT2D eigenvalue weighted by atomic mass is 32.2. The first-order valence-electron chi connectivity index (χ1n) is 4.42. The van der Waals surface area contributed by atoms with Gasteiger partial charge in [-0.3, -0.25) is 4.79 Å². The Morgan fingerprint density at radius 1 is 1.60 bits per heavy atom. The van der Waals surface area contributed by atoms with E-state index in [1.165, 1.54) is 18.5 Å². The number of nitrogens with zero attached hydrogens (tertiary/aromatic N) is 1. The van der Waals surface area contributed by atoms with Gasteiger partial charge in [0, 0.05) is 20.0 Å². The lowest BCUT2D eigenvalue weighted by Gasteiger charge is -2.05. The molecule has 1 heterocycles. The number of rotatable bonds is 5. The standard InChI is InChI=1S/C8H14N4OS2/c1-5(13)10-3-4-11-8-6(14-2)7(9)12-15-8/h11H,3-4H2,1-2H3,(H2,9,12)(H,10,13). The molecule has 1 aromatic rings. The van der Waals surface area contributed by atoms with E-state index in [2.05, 4.69) is 15.0 Å². The fourth-order valence-corrected chi connectivity index (χ4v) is 2.59. The Morgan fingerprint density at radius 3 is 2.93 bits per heavy atom. The number of hydrogen-bond donors (Lipinski definition) is 3. The van der Waals surface area contributed by atoms with Crippen molar-refractivity contribution in [2.45, 2.75) is 11.8 Å². The van der Waals surface area contributed by atoms with Gasteiger partial charge in [-0.15, -0.1) is 11.8 Å². The topological polar surface area (TPSA) is 80.0 Å². The second-order valence-corrected chi connectivity index (χ2v) is 4.43. The summed E-state index contributed by atoms with van der Waals surface area (Å²) in [4.78, 5) is 11.6. The Balaban J connectivity index is 2.40. The molecule has 1 rings (SSSR count). The summed E-state index contributed by atoms with van der Waals surface area (Å²) in [5.74, 6) is 0.542. The zero-order valence-corrected chi connectivity index (χ0v) is 10.3. The van der Waals surface area contributed by atoms with E-state index in [4.69, 9.17) is 5.73 Å². The number of hydrogen-bond acceptors (Lipinski definition) is 6. The van der Waals surface area contributed by atoms with Crippen molar-refractivity contribution in [3.8, 4) is 0 Å². The van der Waals surface area contributed by atoms with E-state index in [0.717, 1.165) is 9.90 Å². The molecule has 4 N–H and O–H groups in total. The number of carbonyl (C=O) groups excluding carboxylic acids is 1. The highest BCUT2D eigenvalue weighted by Gasteiger charge is 2.09. The molecular weight excluding hydrogens is 232 g/mol. The maximum atomic E-state index is 10.6. The Labute approximate surface area is 97.0 Å². The summed E-state index contributed by atoms with van der Waals surface area (Å²) in [6, 6.07) is 0. The molecule has 1 amide bonds. The van der Waals surface area contributed by atoms with Crippen LogP contribution in [0.1, 0.15) is 6.92 Å². The predicted molar refractivity (Wildman–Crippen MR) is 65.5 cm³/mol. The zero-order chi connectivity index (χ0) is 11.3. The summed E-state index contributed by atoms with van der Waals surface area (Å²) >= 11 is 2.91. The molecule has 7 heteroatoms. The van der Waals surface area contributed by atoms with Crippen LogP contribution in [0.5, 0.6) is 0 Å². The molecule has 0 radical (unpaired) electrons. The van der Waals surface area contributed by atoms with Crippen LogP contribution in [0, 0.1) is 0 Å². The molecule has 0 unspecified atom stereocenters. The van der Waals surface area contributed by atoms with Gasteiger partial charge in [-0.05, 0) is 17.8 Å². The fourth-order valence-electron chi connectivity index (χ4n) is 1.02. The van der Waals surface area contributed by atoms with Crippen LogP contribution in [-0.4, -0.2) is 29.6 Å². The monoisotopic (exact) mass is 246 g/mol. The van der Waals surface area contributed by atoms with E-state index >= 15 is 0 Å². The quantitative estimate of drug-likeness (QED) is 0.533. The molecule has 0 aliphatic rings. The lowest BCUT2D eigenvalue weighted by atomic mass is 10.5. The third-order valence-corrected chi connectivity index (χ3v) is 3.43. The molecule has 0 atom stereocenters. The van der Waals surface area contributed by atoms with Gasteiger partial charge < -0.3 is 16.4 Å². The number of carbonyl (C=O) groups is 1. The number of amides is 1. The van der Waals surface area contributed by atoms with Crippen molar-refractivity contribution in [2.75, 3.05) is 30.4 Å². The lowest BCUT2D eigenvalue weighted by Crippen LogP contribution is -2.26. The molecular formula is C8H14N4OS2. The zero-order valence-electron chi connectivity index (χ0n) is 8.66. The molecule has 0 saturated heterocycles. The lowest BCUT2D eigenvalue weighted by molar-refractivity contribution is -0.118. The van der Waals surface area contributed by atoms with Crippen molar-refractivity contribution in [3.05, 3.63) is 0 Å². The molecule has 84 valence electrons. The van der Waals surface area contributed by atoms with Crippen LogP contribution in [0.3, 0.4) is 0 Å². The number of nitrogens with two attached hydrogens (primary N) is 1. The summed E-state index contributed by atoms with van der Waals surface area (Å²) in [6.07, 6.45) is 1.96. The van der Waals surface area contributed by atoms with Gasteiger partial charge in [0.25, 0.3) is 0 Å². The van der Waals surface area contributed by atoms with Crippen LogP contribution in [0.2, 0.25) is 0 Å². The van der Waals surface area contributed by atoms with Gasteiger partial charge >= 0.3 is 0 Å². The normalized spacial score (nSPS) is 10.0. The Hall–Kier alpha value is -0.950. The van der Waals surface area contributed by atoms with Gasteiger partial charge in [-0.25, -0.2) is 0 Å². The molecule has 0 spiro atoms. The van der Waals surface area contributed by atoms with Crippen LogP contribution >= 0.6 is 23.3 Å². The molecule has 0 bridgehead atoms. The summed E-state index contributed by atoms with van der Waals surface area (Å²) in [7, 11) is 0. The van der Waals surface area contributed by atoms with E-state index in [1.54, 1.807) is 11.8 Å². The van der Waals surface area contributed by atoms with Crippen LogP contribution in [-0.2, 0) is 4.79 Å². The van der Waals surface area contributed by atoms with Gasteiger partial charge in [0.1, 0.15) is 5.00 Å². The number of nitrogen functional groups attached to an aromatic ring is 1.